The van der Waals surface area contributed by atoms with Gasteiger partial charge in [0.15, 0.2) is 0 Å². The summed E-state index contributed by atoms with van der Waals surface area (Å²) >= 11 is 0. The highest BCUT2D eigenvalue weighted by atomic mass is 32.2. The average molecular weight is 441 g/mol. The van der Waals surface area contributed by atoms with Crippen LogP contribution in [0.15, 0.2) is 77.7 Å². The fourth-order valence-corrected chi connectivity index (χ4v) is 3.74. The molecule has 0 radical (unpaired) electrons. The van der Waals surface area contributed by atoms with E-state index in [9.17, 15) is 17.6 Å². The van der Waals surface area contributed by atoms with Crippen LogP contribution >= 0.6 is 0 Å². The molecule has 0 heterocycles. The number of hydrogen-bond acceptors (Lipinski definition) is 4. The summed E-state index contributed by atoms with van der Waals surface area (Å²) in [7, 11) is -3.88. The van der Waals surface area contributed by atoms with Crippen molar-refractivity contribution in [3.8, 4) is 0 Å². The number of hydrogen-bond donors (Lipinski definition) is 5. The van der Waals surface area contributed by atoms with Gasteiger partial charge in [0, 0.05) is 23.5 Å². The molecule has 3 rings (SSSR count). The number of urea groups is 1. The zero-order valence-electron chi connectivity index (χ0n) is 16.2. The van der Waals surface area contributed by atoms with E-state index in [-0.39, 0.29) is 23.0 Å². The molecule has 0 bridgehead atoms. The van der Waals surface area contributed by atoms with Crippen molar-refractivity contribution in [1.29, 1.82) is 5.41 Å². The summed E-state index contributed by atoms with van der Waals surface area (Å²) in [5.74, 6) is -0.537. The van der Waals surface area contributed by atoms with Crippen LogP contribution in [0.1, 0.15) is 11.1 Å². The normalized spacial score (nSPS) is 11.0. The number of amides is 2. The Morgan fingerprint density at radius 1 is 0.935 bits per heavy atom. The molecule has 0 aliphatic rings. The number of nitrogens with one attached hydrogen (secondary N) is 4. The van der Waals surface area contributed by atoms with E-state index in [1.165, 1.54) is 36.4 Å². The minimum Gasteiger partial charge on any atom is -0.384 e. The summed E-state index contributed by atoms with van der Waals surface area (Å²) in [5.41, 5.74) is 7.14. The molecule has 0 atom stereocenters. The number of carbonyl (C=O) groups excluding carboxylic acids is 1. The van der Waals surface area contributed by atoms with Crippen molar-refractivity contribution in [1.82, 2.24) is 4.72 Å². The fraction of sp³-hybridized carbons (Fsp3) is 0.0476. The van der Waals surface area contributed by atoms with Gasteiger partial charge in [0.1, 0.15) is 11.7 Å². The van der Waals surface area contributed by atoms with Gasteiger partial charge in [-0.25, -0.2) is 22.3 Å². The van der Waals surface area contributed by atoms with Gasteiger partial charge >= 0.3 is 6.03 Å². The van der Waals surface area contributed by atoms with E-state index in [0.717, 1.165) is 0 Å². The number of nitrogen functional groups attached to an aromatic ring is 1. The zero-order chi connectivity index (χ0) is 22.4. The molecule has 0 fully saturated rings. The van der Waals surface area contributed by atoms with Crippen LogP contribution < -0.4 is 21.1 Å². The number of rotatable bonds is 7. The lowest BCUT2D eigenvalue weighted by Crippen LogP contribution is -2.24. The fourth-order valence-electron chi connectivity index (χ4n) is 2.68. The molecule has 6 N–H and O–H groups in total. The smallest absolute Gasteiger partial charge is 0.323 e. The molecule has 0 saturated heterocycles. The Morgan fingerprint density at radius 3 is 2.29 bits per heavy atom. The molecule has 10 heteroatoms. The first-order valence-corrected chi connectivity index (χ1v) is 10.6. The third-order valence-electron chi connectivity index (χ3n) is 4.21. The summed E-state index contributed by atoms with van der Waals surface area (Å²) < 4.78 is 40.8. The van der Waals surface area contributed by atoms with Crippen molar-refractivity contribution < 1.29 is 17.6 Å². The Kier molecular flexibility index (Phi) is 6.63. The van der Waals surface area contributed by atoms with Gasteiger partial charge in [-0.2, -0.15) is 0 Å². The summed E-state index contributed by atoms with van der Waals surface area (Å²) in [6.07, 6.45) is 0. The van der Waals surface area contributed by atoms with Crippen LogP contribution in [-0.4, -0.2) is 20.3 Å². The predicted molar refractivity (Wildman–Crippen MR) is 117 cm³/mol. The standard InChI is InChI=1S/C21H20FN5O3S/c22-16-4-1-3-14(11-16)13-25-31(29,30)19-6-2-5-18(12-19)27-21(28)26-17-9-7-15(8-10-17)20(23)24/h1-12,25H,13H2,(H3,23,24)(H2,26,27,28). The van der Waals surface area contributed by atoms with Gasteiger partial charge in [0.25, 0.3) is 0 Å². The molecule has 3 aromatic rings. The van der Waals surface area contributed by atoms with Gasteiger partial charge in [-0.15, -0.1) is 0 Å². The molecule has 2 amide bonds. The van der Waals surface area contributed by atoms with E-state index in [1.807, 2.05) is 0 Å². The van der Waals surface area contributed by atoms with Crippen molar-refractivity contribution >= 4 is 33.3 Å². The number of anilines is 2. The predicted octanol–water partition coefficient (Wildman–Crippen LogP) is 3.23. The molecule has 0 saturated carbocycles. The van der Waals surface area contributed by atoms with Crippen LogP contribution in [0.3, 0.4) is 0 Å². The molecule has 0 unspecified atom stereocenters. The molecule has 0 aliphatic carbocycles. The minimum atomic E-state index is -3.88. The SMILES string of the molecule is N=C(N)c1ccc(NC(=O)Nc2cccc(S(=O)(=O)NCc3cccc(F)c3)c2)cc1. The number of halogens is 1. The van der Waals surface area contributed by atoms with Crippen molar-refractivity contribution in [2.24, 2.45) is 5.73 Å². The first-order chi connectivity index (χ1) is 14.7. The molecule has 8 nitrogen and oxygen atoms in total. The minimum absolute atomic E-state index is 0.0486. The van der Waals surface area contributed by atoms with Crippen LogP contribution in [0, 0.1) is 11.2 Å². The molecular weight excluding hydrogens is 421 g/mol. The number of sulfonamides is 1. The lowest BCUT2D eigenvalue weighted by Gasteiger charge is -2.11. The van der Waals surface area contributed by atoms with Crippen LogP contribution in [0.25, 0.3) is 0 Å². The molecule has 0 spiro atoms. The van der Waals surface area contributed by atoms with Gasteiger partial charge in [-0.3, -0.25) is 5.41 Å². The van der Waals surface area contributed by atoms with Crippen molar-refractivity contribution in [3.05, 3.63) is 89.7 Å². The maximum absolute atomic E-state index is 13.3. The molecule has 160 valence electrons. The second kappa shape index (κ2) is 9.37. The largest absolute Gasteiger partial charge is 0.384 e. The van der Waals surface area contributed by atoms with E-state index < -0.39 is 21.9 Å². The highest BCUT2D eigenvalue weighted by Gasteiger charge is 2.15. The van der Waals surface area contributed by atoms with Crippen LogP contribution in [0.5, 0.6) is 0 Å². The Bertz CT molecular complexity index is 1210. The van der Waals surface area contributed by atoms with Gasteiger partial charge < -0.3 is 16.4 Å². The van der Waals surface area contributed by atoms with E-state index in [1.54, 1.807) is 36.4 Å². The van der Waals surface area contributed by atoms with Crippen molar-refractivity contribution in [2.45, 2.75) is 11.4 Å². The monoisotopic (exact) mass is 441 g/mol. The maximum atomic E-state index is 13.3. The summed E-state index contributed by atoms with van der Waals surface area (Å²) in [6.45, 7) is -0.0749. The lowest BCUT2D eigenvalue weighted by atomic mass is 10.2. The second-order valence-electron chi connectivity index (χ2n) is 6.55. The quantitative estimate of drug-likeness (QED) is 0.284. The molecule has 3 aromatic carbocycles. The maximum Gasteiger partial charge on any atom is 0.323 e. The molecular formula is C21H20FN5O3S. The van der Waals surface area contributed by atoms with Crippen molar-refractivity contribution in [3.63, 3.8) is 0 Å². The van der Waals surface area contributed by atoms with Crippen LogP contribution in [-0.2, 0) is 16.6 Å². The van der Waals surface area contributed by atoms with Crippen LogP contribution in [0.2, 0.25) is 0 Å². The summed E-state index contributed by atoms with van der Waals surface area (Å²) in [5, 5.41) is 12.5. The van der Waals surface area contributed by atoms with E-state index in [0.29, 0.717) is 16.8 Å². The molecule has 0 aromatic heterocycles. The van der Waals surface area contributed by atoms with Crippen LogP contribution in [0.4, 0.5) is 20.6 Å². The average Bonchev–Trinajstić information content (AvgIpc) is 2.73. The molecule has 0 aliphatic heterocycles. The van der Waals surface area contributed by atoms with E-state index in [2.05, 4.69) is 15.4 Å². The lowest BCUT2D eigenvalue weighted by molar-refractivity contribution is 0.262. The third kappa shape index (κ3) is 6.11. The zero-order valence-corrected chi connectivity index (χ0v) is 17.0. The number of carbonyl (C=O) groups is 1. The Labute approximate surface area is 178 Å². The number of nitrogens with two attached hydrogens (primary N) is 1. The highest BCUT2D eigenvalue weighted by molar-refractivity contribution is 7.89. The highest BCUT2D eigenvalue weighted by Crippen LogP contribution is 2.17. The Balaban J connectivity index is 1.64. The second-order valence-corrected chi connectivity index (χ2v) is 8.32. The number of amidine groups is 1. The van der Waals surface area contributed by atoms with Gasteiger partial charge in [-0.1, -0.05) is 18.2 Å². The third-order valence-corrected chi connectivity index (χ3v) is 5.61. The van der Waals surface area contributed by atoms with E-state index >= 15 is 0 Å². The topological polar surface area (TPSA) is 137 Å². The first-order valence-electron chi connectivity index (χ1n) is 9.09. The Hall–Kier alpha value is -3.76. The van der Waals surface area contributed by atoms with E-state index in [4.69, 9.17) is 11.1 Å². The summed E-state index contributed by atoms with van der Waals surface area (Å²) in [6, 6.07) is 17.2. The molecule has 31 heavy (non-hydrogen) atoms. The first kappa shape index (κ1) is 21.9. The number of benzene rings is 3. The van der Waals surface area contributed by atoms with Crippen molar-refractivity contribution in [2.75, 3.05) is 10.6 Å². The summed E-state index contributed by atoms with van der Waals surface area (Å²) in [4.78, 5) is 12.2. The van der Waals surface area contributed by atoms with Gasteiger partial charge in [0.2, 0.25) is 10.0 Å². The Morgan fingerprint density at radius 2 is 1.61 bits per heavy atom. The van der Waals surface area contributed by atoms with Gasteiger partial charge in [-0.05, 0) is 60.2 Å². The van der Waals surface area contributed by atoms with Gasteiger partial charge in [0.05, 0.1) is 4.90 Å².